The maximum atomic E-state index is 10.7. The summed E-state index contributed by atoms with van der Waals surface area (Å²) in [6.07, 6.45) is 3.03. The van der Waals surface area contributed by atoms with Gasteiger partial charge in [-0.2, -0.15) is 4.73 Å². The summed E-state index contributed by atoms with van der Waals surface area (Å²) in [5, 5.41) is 14.1. The Balaban J connectivity index is 2.51. The van der Waals surface area contributed by atoms with Gasteiger partial charge >= 0.3 is 0 Å². The van der Waals surface area contributed by atoms with Gasteiger partial charge in [0, 0.05) is 24.2 Å². The number of nitrogens with one attached hydrogen (secondary N) is 1. The zero-order valence-electron chi connectivity index (χ0n) is 8.37. The summed E-state index contributed by atoms with van der Waals surface area (Å²) in [6, 6.07) is 3.65. The molecule has 0 spiro atoms. The highest BCUT2D eigenvalue weighted by Crippen LogP contribution is 2.02. The van der Waals surface area contributed by atoms with Crippen LogP contribution >= 0.6 is 0 Å². The van der Waals surface area contributed by atoms with Crippen LogP contribution in [-0.4, -0.2) is 5.54 Å². The highest BCUT2D eigenvalue weighted by Gasteiger charge is 2.08. The van der Waals surface area contributed by atoms with Gasteiger partial charge in [0.05, 0.1) is 0 Å². The molecule has 0 aliphatic rings. The predicted molar refractivity (Wildman–Crippen MR) is 52.0 cm³/mol. The first-order valence-corrected chi connectivity index (χ1v) is 4.40. The average molecular weight is 180 g/mol. The first-order chi connectivity index (χ1) is 5.97. The summed E-state index contributed by atoms with van der Waals surface area (Å²) < 4.78 is 0.792. The van der Waals surface area contributed by atoms with Crippen molar-refractivity contribution in [2.45, 2.75) is 32.9 Å². The van der Waals surface area contributed by atoms with Gasteiger partial charge in [-0.25, -0.2) is 0 Å². The van der Waals surface area contributed by atoms with E-state index in [0.717, 1.165) is 16.8 Å². The highest BCUT2D eigenvalue weighted by molar-refractivity contribution is 5.07. The second-order valence-corrected chi connectivity index (χ2v) is 4.17. The van der Waals surface area contributed by atoms with Crippen molar-refractivity contribution in [3.8, 4) is 0 Å². The summed E-state index contributed by atoms with van der Waals surface area (Å²) in [6.45, 7) is 7.14. The largest absolute Gasteiger partial charge is 0.619 e. The third-order valence-electron chi connectivity index (χ3n) is 1.69. The predicted octanol–water partition coefficient (Wildman–Crippen LogP) is 1.21. The van der Waals surface area contributed by atoms with Crippen LogP contribution in [0.3, 0.4) is 0 Å². The molecule has 0 aromatic carbocycles. The monoisotopic (exact) mass is 180 g/mol. The van der Waals surface area contributed by atoms with Crippen LogP contribution in [0.5, 0.6) is 0 Å². The molecule has 0 saturated carbocycles. The smallest absolute Gasteiger partial charge is 0.180 e. The Bertz CT molecular complexity index is 261. The standard InChI is InChI=1S/C10H16N2O/c1-10(2,3)11-8-9-4-6-12(13)7-5-9/h4-7,11H,8H2,1-3H3. The van der Waals surface area contributed by atoms with Gasteiger partial charge in [0.25, 0.3) is 0 Å². The van der Waals surface area contributed by atoms with E-state index in [1.54, 1.807) is 0 Å². The van der Waals surface area contributed by atoms with Gasteiger partial charge in [-0.1, -0.05) is 0 Å². The molecule has 0 atom stereocenters. The molecule has 0 unspecified atom stereocenters. The molecule has 0 bridgehead atoms. The number of hydrogen-bond acceptors (Lipinski definition) is 2. The van der Waals surface area contributed by atoms with Crippen LogP contribution in [0.25, 0.3) is 0 Å². The topological polar surface area (TPSA) is 39.0 Å². The van der Waals surface area contributed by atoms with Crippen LogP contribution < -0.4 is 10.0 Å². The van der Waals surface area contributed by atoms with Crippen molar-refractivity contribution in [3.05, 3.63) is 35.3 Å². The van der Waals surface area contributed by atoms with Crippen LogP contribution in [0.2, 0.25) is 0 Å². The summed E-state index contributed by atoms with van der Waals surface area (Å²) in [4.78, 5) is 0. The molecule has 72 valence electrons. The Morgan fingerprint density at radius 2 is 1.85 bits per heavy atom. The quantitative estimate of drug-likeness (QED) is 0.549. The fourth-order valence-corrected chi connectivity index (χ4v) is 0.929. The van der Waals surface area contributed by atoms with E-state index in [1.807, 2.05) is 12.1 Å². The third-order valence-corrected chi connectivity index (χ3v) is 1.69. The zero-order valence-corrected chi connectivity index (χ0v) is 8.37. The molecule has 3 heteroatoms. The Morgan fingerprint density at radius 3 is 2.31 bits per heavy atom. The van der Waals surface area contributed by atoms with Crippen molar-refractivity contribution >= 4 is 0 Å². The molecule has 0 amide bonds. The maximum absolute atomic E-state index is 10.7. The van der Waals surface area contributed by atoms with Crippen LogP contribution in [0, 0.1) is 5.21 Å². The molecule has 0 radical (unpaired) electrons. The summed E-state index contributed by atoms with van der Waals surface area (Å²) in [7, 11) is 0. The normalized spacial score (nSPS) is 11.6. The number of nitrogens with zero attached hydrogens (tertiary/aromatic N) is 1. The molecule has 1 N–H and O–H groups in total. The molecule has 3 nitrogen and oxygen atoms in total. The lowest BCUT2D eigenvalue weighted by Crippen LogP contribution is -2.35. The number of rotatable bonds is 2. The average Bonchev–Trinajstić information content (AvgIpc) is 2.02. The lowest BCUT2D eigenvalue weighted by molar-refractivity contribution is -0.605. The summed E-state index contributed by atoms with van der Waals surface area (Å²) >= 11 is 0. The second kappa shape index (κ2) is 3.75. The minimum Gasteiger partial charge on any atom is -0.619 e. The lowest BCUT2D eigenvalue weighted by atomic mass is 10.1. The van der Waals surface area contributed by atoms with Gasteiger partial charge in [-0.15, -0.1) is 0 Å². The van der Waals surface area contributed by atoms with Gasteiger partial charge in [0.1, 0.15) is 0 Å². The third kappa shape index (κ3) is 3.90. The van der Waals surface area contributed by atoms with Gasteiger partial charge in [0.2, 0.25) is 0 Å². The fraction of sp³-hybridized carbons (Fsp3) is 0.500. The molecule has 0 aliphatic carbocycles. The SMILES string of the molecule is CC(C)(C)NCc1cc[n+]([O-])cc1. The van der Waals surface area contributed by atoms with Crippen molar-refractivity contribution < 1.29 is 4.73 Å². The van der Waals surface area contributed by atoms with E-state index in [9.17, 15) is 5.21 Å². The number of aromatic nitrogens is 1. The van der Waals surface area contributed by atoms with Crippen molar-refractivity contribution in [1.82, 2.24) is 5.32 Å². The first kappa shape index (κ1) is 9.99. The molecular formula is C10H16N2O. The second-order valence-electron chi connectivity index (χ2n) is 4.17. The molecule has 1 aromatic rings. The van der Waals surface area contributed by atoms with Crippen LogP contribution in [-0.2, 0) is 6.54 Å². The van der Waals surface area contributed by atoms with Crippen LogP contribution in [0.4, 0.5) is 0 Å². The van der Waals surface area contributed by atoms with E-state index < -0.39 is 0 Å². The molecule has 0 aliphatic heterocycles. The lowest BCUT2D eigenvalue weighted by Gasteiger charge is -2.20. The zero-order chi connectivity index (χ0) is 9.90. The molecule has 0 saturated heterocycles. The highest BCUT2D eigenvalue weighted by atomic mass is 16.5. The molecule has 13 heavy (non-hydrogen) atoms. The van der Waals surface area contributed by atoms with Crippen LogP contribution in [0.15, 0.2) is 24.5 Å². The van der Waals surface area contributed by atoms with Crippen LogP contribution in [0.1, 0.15) is 26.3 Å². The maximum Gasteiger partial charge on any atom is 0.180 e. The van der Waals surface area contributed by atoms with Gasteiger partial charge in [-0.3, -0.25) is 0 Å². The Morgan fingerprint density at radius 1 is 1.31 bits per heavy atom. The minimum atomic E-state index is 0.114. The number of pyridine rings is 1. The van der Waals surface area contributed by atoms with Gasteiger partial charge in [-0.05, 0) is 26.3 Å². The Kier molecular flexibility index (Phi) is 2.88. The fourth-order valence-electron chi connectivity index (χ4n) is 0.929. The van der Waals surface area contributed by atoms with Crippen molar-refractivity contribution in [1.29, 1.82) is 0 Å². The van der Waals surface area contributed by atoms with E-state index in [-0.39, 0.29) is 5.54 Å². The Labute approximate surface area is 79.0 Å². The molecule has 1 rings (SSSR count). The summed E-state index contributed by atoms with van der Waals surface area (Å²) in [5.41, 5.74) is 1.24. The molecular weight excluding hydrogens is 164 g/mol. The Hall–Kier alpha value is -1.09. The van der Waals surface area contributed by atoms with Gasteiger partial charge < -0.3 is 10.5 Å². The van der Waals surface area contributed by atoms with E-state index in [2.05, 4.69) is 26.1 Å². The van der Waals surface area contributed by atoms with Crippen molar-refractivity contribution in [3.63, 3.8) is 0 Å². The van der Waals surface area contributed by atoms with Crippen molar-refractivity contribution in [2.24, 2.45) is 0 Å². The molecule has 1 heterocycles. The van der Waals surface area contributed by atoms with E-state index in [4.69, 9.17) is 0 Å². The molecule has 1 aromatic heterocycles. The van der Waals surface area contributed by atoms with Crippen molar-refractivity contribution in [2.75, 3.05) is 0 Å². The number of hydrogen-bond donors (Lipinski definition) is 1. The van der Waals surface area contributed by atoms with E-state index >= 15 is 0 Å². The summed E-state index contributed by atoms with van der Waals surface area (Å²) in [5.74, 6) is 0. The minimum absolute atomic E-state index is 0.114. The molecule has 0 fully saturated rings. The van der Waals surface area contributed by atoms with E-state index in [0.29, 0.717) is 0 Å². The van der Waals surface area contributed by atoms with Gasteiger partial charge in [0.15, 0.2) is 12.4 Å². The van der Waals surface area contributed by atoms with E-state index in [1.165, 1.54) is 12.4 Å². The first-order valence-electron chi connectivity index (χ1n) is 4.40.